The molecule has 2 aromatic rings. The van der Waals surface area contributed by atoms with Crippen molar-refractivity contribution in [1.82, 2.24) is 15.1 Å². The number of hydrogen-bond acceptors (Lipinski definition) is 3. The third-order valence-corrected chi connectivity index (χ3v) is 2.57. The van der Waals surface area contributed by atoms with Crippen LogP contribution in [0.3, 0.4) is 0 Å². The molecule has 1 heterocycles. The number of carbonyl (C=O) groups excluding carboxylic acids is 2. The highest BCUT2D eigenvalue weighted by atomic mass is 16.2. The standard InChI is InChI=1S/C13H14N4O2/c14-13(19)16-12(18)6-7-17-9-11(8-15-17)10-4-2-1-3-5-10/h1-5,8-9H,6-7H2,(H3,14,16,18,19). The molecule has 3 amide bonds. The molecule has 98 valence electrons. The summed E-state index contributed by atoms with van der Waals surface area (Å²) < 4.78 is 1.66. The molecule has 0 radical (unpaired) electrons. The Hall–Kier alpha value is -2.63. The Labute approximate surface area is 110 Å². The van der Waals surface area contributed by atoms with Gasteiger partial charge in [0.05, 0.1) is 6.20 Å². The van der Waals surface area contributed by atoms with Crippen LogP contribution in [0.2, 0.25) is 0 Å². The lowest BCUT2D eigenvalue weighted by atomic mass is 10.1. The fourth-order valence-corrected chi connectivity index (χ4v) is 1.68. The first-order chi connectivity index (χ1) is 9.15. The predicted octanol–water partition coefficient (Wildman–Crippen LogP) is 1.14. The maximum atomic E-state index is 11.3. The van der Waals surface area contributed by atoms with Crippen molar-refractivity contribution >= 4 is 11.9 Å². The fraction of sp³-hybridized carbons (Fsp3) is 0.154. The first-order valence-corrected chi connectivity index (χ1v) is 5.82. The van der Waals surface area contributed by atoms with Gasteiger partial charge in [-0.15, -0.1) is 0 Å². The fourth-order valence-electron chi connectivity index (χ4n) is 1.68. The van der Waals surface area contributed by atoms with Crippen LogP contribution in [0.25, 0.3) is 11.1 Å². The summed E-state index contributed by atoms with van der Waals surface area (Å²) in [6, 6.07) is 8.99. The molecule has 0 bridgehead atoms. The first-order valence-electron chi connectivity index (χ1n) is 5.82. The second-order valence-electron chi connectivity index (χ2n) is 4.02. The van der Waals surface area contributed by atoms with E-state index in [1.165, 1.54) is 0 Å². The van der Waals surface area contributed by atoms with E-state index in [4.69, 9.17) is 5.73 Å². The number of aryl methyl sites for hydroxylation is 1. The molecule has 6 nitrogen and oxygen atoms in total. The van der Waals surface area contributed by atoms with Gasteiger partial charge >= 0.3 is 6.03 Å². The van der Waals surface area contributed by atoms with Crippen LogP contribution >= 0.6 is 0 Å². The van der Waals surface area contributed by atoms with Crippen molar-refractivity contribution in [2.24, 2.45) is 5.73 Å². The second-order valence-corrected chi connectivity index (χ2v) is 4.02. The van der Waals surface area contributed by atoms with E-state index in [0.29, 0.717) is 6.54 Å². The summed E-state index contributed by atoms with van der Waals surface area (Å²) in [5.41, 5.74) is 6.90. The predicted molar refractivity (Wildman–Crippen MR) is 70.0 cm³/mol. The second kappa shape index (κ2) is 5.81. The maximum absolute atomic E-state index is 11.3. The number of rotatable bonds is 4. The number of benzene rings is 1. The Morgan fingerprint density at radius 2 is 1.95 bits per heavy atom. The minimum absolute atomic E-state index is 0.152. The number of imide groups is 1. The Bertz CT molecular complexity index is 577. The quantitative estimate of drug-likeness (QED) is 0.861. The zero-order valence-electron chi connectivity index (χ0n) is 10.2. The van der Waals surface area contributed by atoms with Crippen LogP contribution < -0.4 is 11.1 Å². The van der Waals surface area contributed by atoms with Gasteiger partial charge in [-0.1, -0.05) is 30.3 Å². The molecule has 2 rings (SSSR count). The largest absolute Gasteiger partial charge is 0.351 e. The molecule has 3 N–H and O–H groups in total. The summed E-state index contributed by atoms with van der Waals surface area (Å²) in [5, 5.41) is 6.17. The lowest BCUT2D eigenvalue weighted by molar-refractivity contribution is -0.120. The highest BCUT2D eigenvalue weighted by Gasteiger charge is 2.06. The molecule has 1 aromatic carbocycles. The van der Waals surface area contributed by atoms with E-state index in [1.807, 2.05) is 41.8 Å². The molecule has 0 saturated heterocycles. The van der Waals surface area contributed by atoms with E-state index in [0.717, 1.165) is 11.1 Å². The summed E-state index contributed by atoms with van der Waals surface area (Å²) >= 11 is 0. The van der Waals surface area contributed by atoms with Crippen LogP contribution in [0.1, 0.15) is 6.42 Å². The highest BCUT2D eigenvalue weighted by Crippen LogP contribution is 2.17. The lowest BCUT2D eigenvalue weighted by Gasteiger charge is -2.01. The van der Waals surface area contributed by atoms with Crippen molar-refractivity contribution in [3.05, 3.63) is 42.7 Å². The summed E-state index contributed by atoms with van der Waals surface area (Å²) in [6.45, 7) is 0.395. The van der Waals surface area contributed by atoms with E-state index in [-0.39, 0.29) is 6.42 Å². The first kappa shape index (κ1) is 12.8. The number of primary amides is 1. The van der Waals surface area contributed by atoms with Crippen molar-refractivity contribution in [2.75, 3.05) is 0 Å². The minimum atomic E-state index is -0.838. The molecule has 6 heteroatoms. The van der Waals surface area contributed by atoms with Gasteiger partial charge in [0.2, 0.25) is 5.91 Å². The number of nitrogens with one attached hydrogen (secondary N) is 1. The monoisotopic (exact) mass is 258 g/mol. The Kier molecular flexibility index (Phi) is 3.92. The van der Waals surface area contributed by atoms with Crippen molar-refractivity contribution in [1.29, 1.82) is 0 Å². The van der Waals surface area contributed by atoms with Gasteiger partial charge in [-0.05, 0) is 5.56 Å². The molecule has 0 saturated carbocycles. The topological polar surface area (TPSA) is 90.0 Å². The van der Waals surface area contributed by atoms with E-state index >= 15 is 0 Å². The molecule has 19 heavy (non-hydrogen) atoms. The molecule has 0 aliphatic heterocycles. The van der Waals surface area contributed by atoms with Gasteiger partial charge in [0.1, 0.15) is 0 Å². The highest BCUT2D eigenvalue weighted by molar-refractivity contribution is 5.93. The number of amides is 3. The van der Waals surface area contributed by atoms with E-state index in [2.05, 4.69) is 5.10 Å². The Morgan fingerprint density at radius 3 is 2.63 bits per heavy atom. The molecular formula is C13H14N4O2. The number of hydrogen-bond donors (Lipinski definition) is 2. The molecule has 0 spiro atoms. The number of nitrogens with two attached hydrogens (primary N) is 1. The van der Waals surface area contributed by atoms with Crippen LogP contribution in [0.15, 0.2) is 42.7 Å². The summed E-state index contributed by atoms with van der Waals surface area (Å²) in [6.07, 6.45) is 3.74. The SMILES string of the molecule is NC(=O)NC(=O)CCn1cc(-c2ccccc2)cn1. The van der Waals surface area contributed by atoms with Crippen molar-refractivity contribution in [3.63, 3.8) is 0 Å². The van der Waals surface area contributed by atoms with E-state index in [1.54, 1.807) is 10.9 Å². The van der Waals surface area contributed by atoms with Crippen LogP contribution in [-0.2, 0) is 11.3 Å². The zero-order chi connectivity index (χ0) is 13.7. The molecule has 0 fully saturated rings. The molecule has 0 aliphatic rings. The summed E-state index contributed by atoms with van der Waals surface area (Å²) in [4.78, 5) is 21.7. The normalized spacial score (nSPS) is 10.1. The lowest BCUT2D eigenvalue weighted by Crippen LogP contribution is -2.35. The van der Waals surface area contributed by atoms with Crippen LogP contribution in [0, 0.1) is 0 Å². The molecule has 0 unspecified atom stereocenters. The third kappa shape index (κ3) is 3.67. The number of nitrogens with zero attached hydrogens (tertiary/aromatic N) is 2. The maximum Gasteiger partial charge on any atom is 0.318 e. The number of urea groups is 1. The summed E-state index contributed by atoms with van der Waals surface area (Å²) in [5.74, 6) is -0.413. The van der Waals surface area contributed by atoms with Gasteiger partial charge in [-0.25, -0.2) is 4.79 Å². The van der Waals surface area contributed by atoms with Gasteiger partial charge in [-0.3, -0.25) is 14.8 Å². The average Bonchev–Trinajstić information content (AvgIpc) is 2.85. The van der Waals surface area contributed by atoms with Crippen LogP contribution in [0.5, 0.6) is 0 Å². The Balaban J connectivity index is 1.95. The smallest absolute Gasteiger partial charge is 0.318 e. The van der Waals surface area contributed by atoms with Crippen LogP contribution in [-0.4, -0.2) is 21.7 Å². The van der Waals surface area contributed by atoms with Gasteiger partial charge in [0, 0.05) is 24.7 Å². The third-order valence-electron chi connectivity index (χ3n) is 2.57. The van der Waals surface area contributed by atoms with Crippen LogP contribution in [0.4, 0.5) is 4.79 Å². The minimum Gasteiger partial charge on any atom is -0.351 e. The van der Waals surface area contributed by atoms with Crippen molar-refractivity contribution in [3.8, 4) is 11.1 Å². The average molecular weight is 258 g/mol. The molecular weight excluding hydrogens is 244 g/mol. The molecule has 0 atom stereocenters. The van der Waals surface area contributed by atoms with Crippen molar-refractivity contribution < 1.29 is 9.59 Å². The van der Waals surface area contributed by atoms with Crippen molar-refractivity contribution in [2.45, 2.75) is 13.0 Å². The summed E-state index contributed by atoms with van der Waals surface area (Å²) in [7, 11) is 0. The molecule has 0 aliphatic carbocycles. The Morgan fingerprint density at radius 1 is 1.21 bits per heavy atom. The molecule has 1 aromatic heterocycles. The van der Waals surface area contributed by atoms with E-state index in [9.17, 15) is 9.59 Å². The number of carbonyl (C=O) groups is 2. The van der Waals surface area contributed by atoms with Gasteiger partial charge in [-0.2, -0.15) is 5.10 Å². The van der Waals surface area contributed by atoms with Gasteiger partial charge in [0.25, 0.3) is 0 Å². The van der Waals surface area contributed by atoms with Gasteiger partial charge < -0.3 is 5.73 Å². The van der Waals surface area contributed by atoms with E-state index < -0.39 is 11.9 Å². The number of aromatic nitrogens is 2. The van der Waals surface area contributed by atoms with Gasteiger partial charge in [0.15, 0.2) is 0 Å². The zero-order valence-corrected chi connectivity index (χ0v) is 10.2.